The molecule has 2 N–H and O–H groups in total. The number of hydrogen-bond acceptors (Lipinski definition) is 2. The van der Waals surface area contributed by atoms with Crippen molar-refractivity contribution in [3.05, 3.63) is 65.2 Å². The number of benzene rings is 2. The lowest BCUT2D eigenvalue weighted by Gasteiger charge is -2.05. The zero-order valence-electron chi connectivity index (χ0n) is 10.1. The van der Waals surface area contributed by atoms with Crippen LogP contribution in [0.25, 0.3) is 16.7 Å². The molecule has 0 spiro atoms. The van der Waals surface area contributed by atoms with Crippen molar-refractivity contribution in [1.82, 2.24) is 0 Å². The standard InChI is InChI=1S/C16H10N2S/c17-9-14(16(18)19)15-12-7-3-1-5-10(12)11-6-2-4-8-13(11)15/h1-8H,(H2,18,19). The van der Waals surface area contributed by atoms with Gasteiger partial charge in [-0.2, -0.15) is 5.26 Å². The Balaban J connectivity index is 2.45. The third kappa shape index (κ3) is 1.66. The van der Waals surface area contributed by atoms with Gasteiger partial charge in [0.05, 0.1) is 5.57 Å². The monoisotopic (exact) mass is 262 g/mol. The van der Waals surface area contributed by atoms with Gasteiger partial charge in [0.1, 0.15) is 11.1 Å². The van der Waals surface area contributed by atoms with E-state index in [0.717, 1.165) is 27.8 Å². The average molecular weight is 262 g/mol. The van der Waals surface area contributed by atoms with Gasteiger partial charge in [-0.1, -0.05) is 60.7 Å². The Bertz CT molecular complexity index is 719. The molecule has 0 aromatic heterocycles. The fourth-order valence-electron chi connectivity index (χ4n) is 2.52. The van der Waals surface area contributed by atoms with E-state index in [1.807, 2.05) is 36.4 Å². The predicted octanol–water partition coefficient (Wildman–Crippen LogP) is 3.28. The van der Waals surface area contributed by atoms with Gasteiger partial charge in [0.2, 0.25) is 0 Å². The van der Waals surface area contributed by atoms with Crippen molar-refractivity contribution < 1.29 is 0 Å². The number of thiocarbonyl (C=S) groups is 1. The minimum absolute atomic E-state index is 0.143. The molecule has 1 aliphatic rings. The van der Waals surface area contributed by atoms with Crippen LogP contribution in [0.4, 0.5) is 0 Å². The average Bonchev–Trinajstić information content (AvgIpc) is 2.75. The molecule has 0 bridgehead atoms. The molecule has 0 amide bonds. The summed E-state index contributed by atoms with van der Waals surface area (Å²) in [6.45, 7) is 0. The van der Waals surface area contributed by atoms with E-state index in [1.54, 1.807) is 0 Å². The van der Waals surface area contributed by atoms with E-state index in [9.17, 15) is 5.26 Å². The maximum atomic E-state index is 9.33. The Morgan fingerprint density at radius 3 is 1.68 bits per heavy atom. The van der Waals surface area contributed by atoms with Crippen molar-refractivity contribution in [2.45, 2.75) is 0 Å². The normalized spacial score (nSPS) is 11.4. The van der Waals surface area contributed by atoms with E-state index in [-0.39, 0.29) is 4.99 Å². The molecule has 0 saturated carbocycles. The Labute approximate surface area is 116 Å². The quantitative estimate of drug-likeness (QED) is 0.416. The number of fused-ring (bicyclic) bond motifs is 3. The highest BCUT2D eigenvalue weighted by atomic mass is 32.1. The van der Waals surface area contributed by atoms with Crippen molar-refractivity contribution in [2.24, 2.45) is 5.73 Å². The van der Waals surface area contributed by atoms with Crippen LogP contribution < -0.4 is 5.73 Å². The van der Waals surface area contributed by atoms with Crippen molar-refractivity contribution in [3.63, 3.8) is 0 Å². The van der Waals surface area contributed by atoms with E-state index in [0.29, 0.717) is 5.57 Å². The zero-order chi connectivity index (χ0) is 13.4. The fraction of sp³-hybridized carbons (Fsp3) is 0. The lowest BCUT2D eigenvalue weighted by molar-refractivity contribution is 1.50. The number of nitrogens with zero attached hydrogens (tertiary/aromatic N) is 1. The lowest BCUT2D eigenvalue weighted by atomic mass is 9.98. The van der Waals surface area contributed by atoms with Crippen LogP contribution in [0.5, 0.6) is 0 Å². The molecule has 0 heterocycles. The van der Waals surface area contributed by atoms with Crippen molar-refractivity contribution in [2.75, 3.05) is 0 Å². The Morgan fingerprint density at radius 2 is 1.32 bits per heavy atom. The van der Waals surface area contributed by atoms with Crippen LogP contribution >= 0.6 is 12.2 Å². The number of rotatable bonds is 1. The Morgan fingerprint density at radius 1 is 0.895 bits per heavy atom. The fourth-order valence-corrected chi connectivity index (χ4v) is 2.67. The van der Waals surface area contributed by atoms with Crippen LogP contribution in [-0.4, -0.2) is 4.99 Å². The summed E-state index contributed by atoms with van der Waals surface area (Å²) in [6, 6.07) is 18.1. The van der Waals surface area contributed by atoms with Gasteiger partial charge in [-0.25, -0.2) is 0 Å². The van der Waals surface area contributed by atoms with Gasteiger partial charge in [-0.3, -0.25) is 0 Å². The molecule has 0 fully saturated rings. The highest BCUT2D eigenvalue weighted by Gasteiger charge is 2.26. The molecule has 90 valence electrons. The molecule has 0 atom stereocenters. The van der Waals surface area contributed by atoms with E-state index >= 15 is 0 Å². The molecule has 3 rings (SSSR count). The first-order valence-corrected chi connectivity index (χ1v) is 6.28. The van der Waals surface area contributed by atoms with Gasteiger partial charge in [-0.15, -0.1) is 0 Å². The molecule has 0 unspecified atom stereocenters. The Hall–Kier alpha value is -2.44. The van der Waals surface area contributed by atoms with Gasteiger partial charge in [0.15, 0.2) is 0 Å². The maximum absolute atomic E-state index is 9.33. The van der Waals surface area contributed by atoms with Crippen molar-refractivity contribution in [1.29, 1.82) is 5.26 Å². The number of nitriles is 1. The lowest BCUT2D eigenvalue weighted by Crippen LogP contribution is -2.12. The third-order valence-electron chi connectivity index (χ3n) is 3.29. The van der Waals surface area contributed by atoms with Crippen molar-refractivity contribution >= 4 is 22.8 Å². The first-order chi connectivity index (χ1) is 9.24. The first kappa shape index (κ1) is 11.6. The van der Waals surface area contributed by atoms with Crippen LogP contribution in [0.1, 0.15) is 11.1 Å². The smallest absolute Gasteiger partial charge is 0.115 e. The van der Waals surface area contributed by atoms with E-state index < -0.39 is 0 Å². The van der Waals surface area contributed by atoms with Crippen LogP contribution in [-0.2, 0) is 0 Å². The minimum Gasteiger partial charge on any atom is -0.389 e. The minimum atomic E-state index is 0.143. The molecule has 2 aromatic carbocycles. The van der Waals surface area contributed by atoms with E-state index in [1.165, 1.54) is 0 Å². The Kier molecular flexibility index (Phi) is 2.66. The molecule has 0 saturated heterocycles. The highest BCUT2D eigenvalue weighted by Crippen LogP contribution is 2.45. The second kappa shape index (κ2) is 4.34. The third-order valence-corrected chi connectivity index (χ3v) is 3.50. The number of nitrogens with two attached hydrogens (primary N) is 1. The highest BCUT2D eigenvalue weighted by molar-refractivity contribution is 7.80. The molecule has 3 heteroatoms. The molecule has 2 nitrogen and oxygen atoms in total. The van der Waals surface area contributed by atoms with Crippen LogP contribution in [0, 0.1) is 11.3 Å². The SMILES string of the molecule is N#CC(C(N)=S)=C1c2ccccc2-c2ccccc21. The van der Waals surface area contributed by atoms with Gasteiger partial charge in [0, 0.05) is 5.57 Å². The first-order valence-electron chi connectivity index (χ1n) is 5.87. The summed E-state index contributed by atoms with van der Waals surface area (Å²) in [4.78, 5) is 0.143. The van der Waals surface area contributed by atoms with Gasteiger partial charge < -0.3 is 5.73 Å². The molecule has 0 radical (unpaired) electrons. The predicted molar refractivity (Wildman–Crippen MR) is 80.3 cm³/mol. The summed E-state index contributed by atoms with van der Waals surface area (Å²) in [5, 5.41) is 9.33. The summed E-state index contributed by atoms with van der Waals surface area (Å²) in [7, 11) is 0. The second-order valence-corrected chi connectivity index (χ2v) is 4.76. The molecule has 0 aliphatic heterocycles. The summed E-state index contributed by atoms with van der Waals surface area (Å²) in [6.07, 6.45) is 0. The largest absolute Gasteiger partial charge is 0.389 e. The summed E-state index contributed by atoms with van der Waals surface area (Å²) < 4.78 is 0. The molecule has 19 heavy (non-hydrogen) atoms. The van der Waals surface area contributed by atoms with Gasteiger partial charge in [-0.05, 0) is 22.3 Å². The van der Waals surface area contributed by atoms with E-state index in [2.05, 4.69) is 18.2 Å². The molecular weight excluding hydrogens is 252 g/mol. The summed E-state index contributed by atoms with van der Waals surface area (Å²) in [5.74, 6) is 0. The topological polar surface area (TPSA) is 49.8 Å². The maximum Gasteiger partial charge on any atom is 0.115 e. The van der Waals surface area contributed by atoms with Gasteiger partial charge in [0.25, 0.3) is 0 Å². The second-order valence-electron chi connectivity index (χ2n) is 4.32. The molecule has 2 aromatic rings. The van der Waals surface area contributed by atoms with Gasteiger partial charge >= 0.3 is 0 Å². The van der Waals surface area contributed by atoms with Crippen molar-refractivity contribution in [3.8, 4) is 17.2 Å². The van der Waals surface area contributed by atoms with Crippen LogP contribution in [0.2, 0.25) is 0 Å². The number of hydrogen-bond donors (Lipinski definition) is 1. The molecular formula is C16H10N2S. The molecule has 1 aliphatic carbocycles. The zero-order valence-corrected chi connectivity index (χ0v) is 10.9. The van der Waals surface area contributed by atoms with Crippen LogP contribution in [0.15, 0.2) is 54.1 Å². The summed E-state index contributed by atoms with van der Waals surface area (Å²) in [5.41, 5.74) is 11.2. The summed E-state index contributed by atoms with van der Waals surface area (Å²) >= 11 is 5.01. The van der Waals surface area contributed by atoms with E-state index in [4.69, 9.17) is 18.0 Å². The van der Waals surface area contributed by atoms with Crippen LogP contribution in [0.3, 0.4) is 0 Å².